The van der Waals surface area contributed by atoms with E-state index in [1.165, 1.54) is 11.3 Å². The van der Waals surface area contributed by atoms with Gasteiger partial charge in [-0.3, -0.25) is 14.2 Å². The van der Waals surface area contributed by atoms with Crippen molar-refractivity contribution in [1.82, 2.24) is 24.4 Å². The Kier molecular flexibility index (Phi) is 5.61. The minimum atomic E-state index is -0.164. The van der Waals surface area contributed by atoms with Crippen molar-refractivity contribution in [1.29, 1.82) is 0 Å². The Morgan fingerprint density at radius 2 is 2.03 bits per heavy atom. The number of nitrogens with one attached hydrogen (secondary N) is 1. The summed E-state index contributed by atoms with van der Waals surface area (Å²) in [5, 5.41) is 3.64. The van der Waals surface area contributed by atoms with E-state index >= 15 is 0 Å². The average molecular weight is 448 g/mol. The number of hydrogen-bond acceptors (Lipinski definition) is 5. The molecular weight excluding hydrogens is 422 g/mol. The van der Waals surface area contributed by atoms with Crippen molar-refractivity contribution in [3.8, 4) is 0 Å². The third-order valence-electron chi connectivity index (χ3n) is 6.09. The van der Waals surface area contributed by atoms with Crippen LogP contribution in [0.3, 0.4) is 0 Å². The molecule has 0 aliphatic carbocycles. The average Bonchev–Trinajstić information content (AvgIpc) is 3.34. The fourth-order valence-corrected chi connectivity index (χ4v) is 5.45. The molecule has 0 atom stereocenters. The van der Waals surface area contributed by atoms with E-state index < -0.39 is 0 Å². The van der Waals surface area contributed by atoms with E-state index in [0.717, 1.165) is 48.2 Å². The summed E-state index contributed by atoms with van der Waals surface area (Å²) in [6.45, 7) is 3.68. The topological polar surface area (TPSA) is 81.8 Å². The van der Waals surface area contributed by atoms with Crippen molar-refractivity contribution in [3.63, 3.8) is 0 Å². The molecule has 0 radical (unpaired) electrons. The highest BCUT2D eigenvalue weighted by Crippen LogP contribution is 2.28. The zero-order valence-electron chi connectivity index (χ0n) is 18.0. The van der Waals surface area contributed by atoms with Gasteiger partial charge in [-0.15, -0.1) is 11.3 Å². The maximum absolute atomic E-state index is 13.1. The quantitative estimate of drug-likeness (QED) is 0.506. The van der Waals surface area contributed by atoms with Crippen LogP contribution in [0.2, 0.25) is 0 Å². The first-order valence-corrected chi connectivity index (χ1v) is 11.8. The normalized spacial score (nSPS) is 13.7. The number of imidazole rings is 1. The van der Waals surface area contributed by atoms with E-state index in [9.17, 15) is 9.59 Å². The third kappa shape index (κ3) is 3.86. The van der Waals surface area contributed by atoms with Gasteiger partial charge in [0.2, 0.25) is 0 Å². The molecule has 5 rings (SSSR count). The second kappa shape index (κ2) is 8.70. The zero-order chi connectivity index (χ0) is 22.1. The summed E-state index contributed by atoms with van der Waals surface area (Å²) in [6, 6.07) is 8.05. The lowest BCUT2D eigenvalue weighted by molar-refractivity contribution is 0.0954. The minimum absolute atomic E-state index is 0.00891. The van der Waals surface area contributed by atoms with Crippen LogP contribution in [0.15, 0.2) is 47.8 Å². The van der Waals surface area contributed by atoms with Gasteiger partial charge in [-0.25, -0.2) is 9.97 Å². The summed E-state index contributed by atoms with van der Waals surface area (Å²) in [7, 11) is 0. The van der Waals surface area contributed by atoms with E-state index in [-0.39, 0.29) is 11.5 Å². The highest BCUT2D eigenvalue weighted by atomic mass is 32.1. The molecule has 0 fully saturated rings. The van der Waals surface area contributed by atoms with E-state index in [2.05, 4.69) is 16.4 Å². The van der Waals surface area contributed by atoms with Gasteiger partial charge in [0.1, 0.15) is 10.7 Å². The Morgan fingerprint density at radius 3 is 2.84 bits per heavy atom. The predicted molar refractivity (Wildman–Crippen MR) is 125 cm³/mol. The van der Waals surface area contributed by atoms with Gasteiger partial charge < -0.3 is 9.88 Å². The smallest absolute Gasteiger partial charge is 0.262 e. The summed E-state index contributed by atoms with van der Waals surface area (Å²) in [4.78, 5) is 36.3. The number of aromatic nitrogens is 4. The van der Waals surface area contributed by atoms with E-state index in [0.29, 0.717) is 34.7 Å². The molecule has 1 amide bonds. The number of thiophene rings is 1. The molecule has 0 spiro atoms. The second-order valence-electron chi connectivity index (χ2n) is 8.22. The van der Waals surface area contributed by atoms with Gasteiger partial charge in [-0.1, -0.05) is 30.7 Å². The first-order valence-electron chi connectivity index (χ1n) is 11.0. The van der Waals surface area contributed by atoms with E-state index in [4.69, 9.17) is 4.98 Å². The Balaban J connectivity index is 1.40. The maximum atomic E-state index is 13.1. The van der Waals surface area contributed by atoms with Crippen LogP contribution in [0, 0.1) is 6.92 Å². The summed E-state index contributed by atoms with van der Waals surface area (Å²) < 4.78 is 3.81. The van der Waals surface area contributed by atoms with Crippen LogP contribution in [-0.2, 0) is 26.1 Å². The van der Waals surface area contributed by atoms with Crippen LogP contribution >= 0.6 is 11.3 Å². The molecule has 0 bridgehead atoms. The van der Waals surface area contributed by atoms with E-state index in [1.54, 1.807) is 12.5 Å². The molecule has 1 aromatic carbocycles. The molecule has 7 nitrogen and oxygen atoms in total. The van der Waals surface area contributed by atoms with Crippen LogP contribution in [-0.4, -0.2) is 25.0 Å². The monoisotopic (exact) mass is 447 g/mol. The first kappa shape index (κ1) is 20.6. The van der Waals surface area contributed by atoms with Crippen LogP contribution < -0.4 is 10.9 Å². The Hall–Kier alpha value is -3.26. The van der Waals surface area contributed by atoms with Gasteiger partial charge in [0.05, 0.1) is 16.6 Å². The molecule has 0 saturated heterocycles. The number of amides is 1. The van der Waals surface area contributed by atoms with Crippen molar-refractivity contribution < 1.29 is 4.79 Å². The van der Waals surface area contributed by atoms with E-state index in [1.807, 2.05) is 40.5 Å². The van der Waals surface area contributed by atoms with Crippen LogP contribution in [0.1, 0.15) is 51.4 Å². The molecule has 0 unspecified atom stereocenters. The Labute approximate surface area is 189 Å². The molecule has 1 N–H and O–H groups in total. The molecule has 0 saturated carbocycles. The van der Waals surface area contributed by atoms with Crippen molar-refractivity contribution in [2.45, 2.75) is 52.2 Å². The fourth-order valence-electron chi connectivity index (χ4n) is 4.34. The molecule has 4 aromatic rings. The number of rotatable bonds is 5. The van der Waals surface area contributed by atoms with Gasteiger partial charge in [-0.2, -0.15) is 0 Å². The number of hydrogen-bond donors (Lipinski definition) is 1. The van der Waals surface area contributed by atoms with Crippen LogP contribution in [0.4, 0.5) is 0 Å². The number of carbonyl (C=O) groups is 1. The molecular formula is C24H25N5O2S. The largest absolute Gasteiger partial charge is 0.347 e. The van der Waals surface area contributed by atoms with Gasteiger partial charge in [-0.05, 0) is 36.5 Å². The number of fused-ring (bicyclic) bond motifs is 2. The van der Waals surface area contributed by atoms with Gasteiger partial charge in [0, 0.05) is 38.4 Å². The number of nitrogens with zero attached hydrogens (tertiary/aromatic N) is 4. The predicted octanol–water partition coefficient (Wildman–Crippen LogP) is 3.67. The third-order valence-corrected chi connectivity index (χ3v) is 7.27. The van der Waals surface area contributed by atoms with Gasteiger partial charge >= 0.3 is 0 Å². The molecule has 1 aliphatic rings. The molecule has 3 aromatic heterocycles. The Morgan fingerprint density at radius 1 is 1.19 bits per heavy atom. The van der Waals surface area contributed by atoms with Crippen molar-refractivity contribution >= 4 is 27.5 Å². The van der Waals surface area contributed by atoms with Gasteiger partial charge in [0.25, 0.3) is 11.5 Å². The van der Waals surface area contributed by atoms with Crippen molar-refractivity contribution in [2.24, 2.45) is 0 Å². The zero-order valence-corrected chi connectivity index (χ0v) is 18.8. The lowest BCUT2D eigenvalue weighted by Crippen LogP contribution is -2.25. The molecule has 32 heavy (non-hydrogen) atoms. The summed E-state index contributed by atoms with van der Waals surface area (Å²) in [5.41, 5.74) is 2.90. The molecule has 1 aliphatic heterocycles. The van der Waals surface area contributed by atoms with Crippen LogP contribution in [0.25, 0.3) is 10.2 Å². The van der Waals surface area contributed by atoms with Crippen molar-refractivity contribution in [3.05, 3.63) is 80.7 Å². The van der Waals surface area contributed by atoms with Crippen molar-refractivity contribution in [2.75, 3.05) is 0 Å². The Bertz CT molecular complexity index is 1340. The number of aryl methyl sites for hydroxylation is 2. The first-order chi connectivity index (χ1) is 15.6. The summed E-state index contributed by atoms with van der Waals surface area (Å²) >= 11 is 1.32. The second-order valence-corrected chi connectivity index (χ2v) is 9.22. The van der Waals surface area contributed by atoms with Gasteiger partial charge in [0.15, 0.2) is 0 Å². The summed E-state index contributed by atoms with van der Waals surface area (Å²) in [6.07, 6.45) is 9.43. The lowest BCUT2D eigenvalue weighted by Gasteiger charge is -2.11. The molecule has 164 valence electrons. The fraction of sp³-hybridized carbons (Fsp3) is 0.333. The number of carbonyl (C=O) groups excluding carboxylic acids is 1. The minimum Gasteiger partial charge on any atom is -0.347 e. The maximum Gasteiger partial charge on any atom is 0.262 e. The lowest BCUT2D eigenvalue weighted by atomic mass is 10.1. The highest BCUT2D eigenvalue weighted by molar-refractivity contribution is 7.20. The molecule has 8 heteroatoms. The number of benzene rings is 1. The van der Waals surface area contributed by atoms with Crippen LogP contribution in [0.5, 0.6) is 0 Å². The highest BCUT2D eigenvalue weighted by Gasteiger charge is 2.22. The SMILES string of the molecule is Cc1c(C(=O)NCc2ccccc2Cn2ccnc2)sc2nc3n(c(=O)c12)CCCCC3. The standard InChI is InChI=1S/C24H25N5O2S/c1-16-20-23(27-19-9-3-2-6-11-29(19)24(20)31)32-21(16)22(30)26-13-17-7-4-5-8-18(17)14-28-12-10-25-15-28/h4-5,7-8,10,12,15H,2-3,6,9,11,13-14H2,1H3,(H,26,30). The molecule has 4 heterocycles. The summed E-state index contributed by atoms with van der Waals surface area (Å²) in [5.74, 6) is 0.684.